The SMILES string of the molecule is CC1COC(c2cccc(Cl)c2)CN1C(=O)Cc1c[nH]c2ncccc12. The van der Waals surface area contributed by atoms with Crippen LogP contribution in [0.5, 0.6) is 0 Å². The Morgan fingerprint density at radius 1 is 1.38 bits per heavy atom. The van der Waals surface area contributed by atoms with Gasteiger partial charge in [-0.15, -0.1) is 0 Å². The number of aromatic nitrogens is 2. The van der Waals surface area contributed by atoms with Gasteiger partial charge in [-0.25, -0.2) is 4.98 Å². The summed E-state index contributed by atoms with van der Waals surface area (Å²) in [5, 5.41) is 1.67. The lowest BCUT2D eigenvalue weighted by Gasteiger charge is -2.38. The number of H-pyrrole nitrogens is 1. The van der Waals surface area contributed by atoms with Crippen molar-refractivity contribution >= 4 is 28.5 Å². The van der Waals surface area contributed by atoms with Gasteiger partial charge in [0.1, 0.15) is 11.8 Å². The fraction of sp³-hybridized carbons (Fsp3) is 0.300. The Labute approximate surface area is 156 Å². The first-order valence-corrected chi connectivity index (χ1v) is 9.07. The van der Waals surface area contributed by atoms with E-state index < -0.39 is 0 Å². The maximum atomic E-state index is 13.0. The van der Waals surface area contributed by atoms with Gasteiger partial charge in [0.25, 0.3) is 0 Å². The molecule has 1 aliphatic heterocycles. The third-order valence-corrected chi connectivity index (χ3v) is 5.09. The number of morpholine rings is 1. The van der Waals surface area contributed by atoms with Gasteiger partial charge in [-0.1, -0.05) is 23.7 Å². The van der Waals surface area contributed by atoms with Crippen LogP contribution in [0.4, 0.5) is 0 Å². The Hall–Kier alpha value is -2.37. The van der Waals surface area contributed by atoms with Crippen molar-refractivity contribution in [2.75, 3.05) is 13.2 Å². The third kappa shape index (κ3) is 3.32. The molecular formula is C20H20ClN3O2. The highest BCUT2D eigenvalue weighted by atomic mass is 35.5. The highest BCUT2D eigenvalue weighted by Crippen LogP contribution is 2.27. The number of benzene rings is 1. The van der Waals surface area contributed by atoms with Crippen molar-refractivity contribution in [1.82, 2.24) is 14.9 Å². The topological polar surface area (TPSA) is 58.2 Å². The number of fused-ring (bicyclic) bond motifs is 1. The maximum absolute atomic E-state index is 13.0. The van der Waals surface area contributed by atoms with Crippen molar-refractivity contribution in [3.05, 3.63) is 64.9 Å². The van der Waals surface area contributed by atoms with Gasteiger partial charge < -0.3 is 14.6 Å². The van der Waals surface area contributed by atoms with Gasteiger partial charge in [-0.3, -0.25) is 4.79 Å². The molecule has 4 rings (SSSR count). The Morgan fingerprint density at radius 3 is 3.12 bits per heavy atom. The monoisotopic (exact) mass is 369 g/mol. The zero-order valence-electron chi connectivity index (χ0n) is 14.5. The van der Waals surface area contributed by atoms with E-state index in [-0.39, 0.29) is 18.1 Å². The van der Waals surface area contributed by atoms with Crippen molar-refractivity contribution in [2.45, 2.75) is 25.5 Å². The van der Waals surface area contributed by atoms with Crippen molar-refractivity contribution in [2.24, 2.45) is 0 Å². The molecular weight excluding hydrogens is 350 g/mol. The summed E-state index contributed by atoms with van der Waals surface area (Å²) < 4.78 is 5.95. The van der Waals surface area contributed by atoms with Gasteiger partial charge in [0.05, 0.1) is 25.6 Å². The van der Waals surface area contributed by atoms with Crippen LogP contribution in [0.15, 0.2) is 48.8 Å². The van der Waals surface area contributed by atoms with E-state index >= 15 is 0 Å². The number of carbonyl (C=O) groups excluding carboxylic acids is 1. The quantitative estimate of drug-likeness (QED) is 0.765. The molecule has 1 aromatic carbocycles. The number of rotatable bonds is 3. The summed E-state index contributed by atoms with van der Waals surface area (Å²) in [6.45, 7) is 3.06. The number of carbonyl (C=O) groups is 1. The minimum Gasteiger partial charge on any atom is -0.370 e. The van der Waals surface area contributed by atoms with Crippen molar-refractivity contribution in [1.29, 1.82) is 0 Å². The first-order chi connectivity index (χ1) is 12.6. The number of amides is 1. The van der Waals surface area contributed by atoms with Crippen LogP contribution in [0.3, 0.4) is 0 Å². The van der Waals surface area contributed by atoms with Crippen LogP contribution in [0.25, 0.3) is 11.0 Å². The number of nitrogens with one attached hydrogen (secondary N) is 1. The van der Waals surface area contributed by atoms with Crippen LogP contribution >= 0.6 is 11.6 Å². The standard InChI is InChI=1S/C20H20ClN3O2/c1-13-12-26-18(14-4-2-5-16(21)8-14)11-24(13)19(25)9-15-10-23-20-17(15)6-3-7-22-20/h2-8,10,13,18H,9,11-12H2,1H3,(H,22,23). The van der Waals surface area contributed by atoms with Crippen LogP contribution in [0.2, 0.25) is 5.02 Å². The second-order valence-electron chi connectivity index (χ2n) is 6.66. The molecule has 134 valence electrons. The lowest BCUT2D eigenvalue weighted by molar-refractivity contribution is -0.143. The molecule has 2 unspecified atom stereocenters. The minimum atomic E-state index is -0.154. The first-order valence-electron chi connectivity index (χ1n) is 8.69. The second-order valence-corrected chi connectivity index (χ2v) is 7.10. The molecule has 1 N–H and O–H groups in total. The largest absolute Gasteiger partial charge is 0.370 e. The molecule has 1 fully saturated rings. The summed E-state index contributed by atoms with van der Waals surface area (Å²) in [5.41, 5.74) is 2.77. The van der Waals surface area contributed by atoms with Crippen LogP contribution < -0.4 is 0 Å². The second kappa shape index (κ2) is 7.09. The minimum absolute atomic E-state index is 0.0428. The number of nitrogens with zero attached hydrogens (tertiary/aromatic N) is 2. The van der Waals surface area contributed by atoms with Crippen LogP contribution in [-0.4, -0.2) is 40.0 Å². The molecule has 0 radical (unpaired) electrons. The van der Waals surface area contributed by atoms with Gasteiger partial charge in [-0.2, -0.15) is 0 Å². The average Bonchev–Trinajstić information content (AvgIpc) is 3.05. The van der Waals surface area contributed by atoms with Crippen molar-refractivity contribution in [3.63, 3.8) is 0 Å². The summed E-state index contributed by atoms with van der Waals surface area (Å²) in [5.74, 6) is 0.0950. The van der Waals surface area contributed by atoms with E-state index in [1.54, 1.807) is 6.20 Å². The number of hydrogen-bond donors (Lipinski definition) is 1. The van der Waals surface area contributed by atoms with Crippen molar-refractivity contribution in [3.8, 4) is 0 Å². The van der Waals surface area contributed by atoms with Gasteiger partial charge in [-0.05, 0) is 42.3 Å². The van der Waals surface area contributed by atoms with Gasteiger partial charge >= 0.3 is 0 Å². The molecule has 2 aromatic heterocycles. The fourth-order valence-corrected chi connectivity index (χ4v) is 3.63. The molecule has 0 aliphatic carbocycles. The van der Waals surface area contributed by atoms with Crippen LogP contribution in [-0.2, 0) is 16.0 Å². The smallest absolute Gasteiger partial charge is 0.227 e. The van der Waals surface area contributed by atoms with E-state index in [0.717, 1.165) is 22.2 Å². The number of halogens is 1. The molecule has 3 heterocycles. The van der Waals surface area contributed by atoms with E-state index in [1.807, 2.05) is 54.4 Å². The molecule has 0 saturated carbocycles. The molecule has 1 amide bonds. The van der Waals surface area contributed by atoms with Crippen molar-refractivity contribution < 1.29 is 9.53 Å². The summed E-state index contributed by atoms with van der Waals surface area (Å²) in [6.07, 6.45) is 3.80. The van der Waals surface area contributed by atoms with Crippen LogP contribution in [0, 0.1) is 0 Å². The number of aromatic amines is 1. The van der Waals surface area contributed by atoms with Gasteiger partial charge in [0.15, 0.2) is 0 Å². The van der Waals surface area contributed by atoms with Crippen LogP contribution in [0.1, 0.15) is 24.2 Å². The molecule has 3 aromatic rings. The molecule has 6 heteroatoms. The van der Waals surface area contributed by atoms with E-state index in [2.05, 4.69) is 9.97 Å². The molecule has 2 atom stereocenters. The zero-order chi connectivity index (χ0) is 18.1. The molecule has 1 saturated heterocycles. The van der Waals surface area contributed by atoms with Gasteiger partial charge in [0, 0.05) is 22.8 Å². The van der Waals surface area contributed by atoms with E-state index in [4.69, 9.17) is 16.3 Å². The average molecular weight is 370 g/mol. The Kier molecular flexibility index (Phi) is 4.66. The zero-order valence-corrected chi connectivity index (χ0v) is 15.2. The van der Waals surface area contributed by atoms with Gasteiger partial charge in [0.2, 0.25) is 5.91 Å². The highest BCUT2D eigenvalue weighted by Gasteiger charge is 2.30. The summed E-state index contributed by atoms with van der Waals surface area (Å²) in [4.78, 5) is 22.3. The predicted octanol–water partition coefficient (Wildman–Crippen LogP) is 3.75. The molecule has 26 heavy (non-hydrogen) atoms. The first kappa shape index (κ1) is 17.1. The lowest BCUT2D eigenvalue weighted by Crippen LogP contribution is -2.48. The summed E-state index contributed by atoms with van der Waals surface area (Å²) in [7, 11) is 0. The Morgan fingerprint density at radius 2 is 2.27 bits per heavy atom. The fourth-order valence-electron chi connectivity index (χ4n) is 3.44. The molecule has 0 bridgehead atoms. The number of hydrogen-bond acceptors (Lipinski definition) is 3. The normalized spacial score (nSPS) is 20.5. The third-order valence-electron chi connectivity index (χ3n) is 4.85. The molecule has 0 spiro atoms. The lowest BCUT2D eigenvalue weighted by atomic mass is 10.0. The van der Waals surface area contributed by atoms with E-state index in [0.29, 0.717) is 24.6 Å². The predicted molar refractivity (Wildman–Crippen MR) is 101 cm³/mol. The number of ether oxygens (including phenoxy) is 1. The Bertz CT molecular complexity index is 939. The maximum Gasteiger partial charge on any atom is 0.227 e. The van der Waals surface area contributed by atoms with E-state index in [1.165, 1.54) is 0 Å². The Balaban J connectivity index is 1.52. The molecule has 1 aliphatic rings. The summed E-state index contributed by atoms with van der Waals surface area (Å²) >= 11 is 6.10. The van der Waals surface area contributed by atoms with E-state index in [9.17, 15) is 4.79 Å². The summed E-state index contributed by atoms with van der Waals surface area (Å²) in [6, 6.07) is 11.5. The molecule has 5 nitrogen and oxygen atoms in total. The highest BCUT2D eigenvalue weighted by molar-refractivity contribution is 6.30. The number of pyridine rings is 1.